The summed E-state index contributed by atoms with van der Waals surface area (Å²) in [6.45, 7) is 0.285. The van der Waals surface area contributed by atoms with Gasteiger partial charge in [-0.05, 0) is 25.0 Å². The summed E-state index contributed by atoms with van der Waals surface area (Å²) in [5, 5.41) is 12.5. The summed E-state index contributed by atoms with van der Waals surface area (Å²) >= 11 is 1.51. The van der Waals surface area contributed by atoms with Crippen LogP contribution in [0.5, 0.6) is 0 Å². The third-order valence-electron chi connectivity index (χ3n) is 3.33. The molecule has 1 heterocycles. The maximum absolute atomic E-state index is 11.8. The zero-order chi connectivity index (χ0) is 13.5. The van der Waals surface area contributed by atoms with Crippen LogP contribution in [0.3, 0.4) is 0 Å². The molecule has 0 saturated heterocycles. The average molecular weight is 276 g/mol. The molecule has 1 aliphatic rings. The van der Waals surface area contributed by atoms with Gasteiger partial charge in [0.15, 0.2) is 0 Å². The highest BCUT2D eigenvalue weighted by molar-refractivity contribution is 7.18. The zero-order valence-corrected chi connectivity index (χ0v) is 10.9. The van der Waals surface area contributed by atoms with Crippen molar-refractivity contribution in [3.8, 4) is 0 Å². The number of aliphatic carboxylic acids is 1. The summed E-state index contributed by atoms with van der Waals surface area (Å²) in [6.07, 6.45) is 0.849. The molecule has 0 aliphatic heterocycles. The molecule has 2 N–H and O–H groups in total. The molecule has 1 fully saturated rings. The minimum absolute atomic E-state index is 0.285. The van der Waals surface area contributed by atoms with Crippen molar-refractivity contribution in [2.45, 2.75) is 19.4 Å². The lowest BCUT2D eigenvalue weighted by Crippen LogP contribution is -2.36. The molecule has 3 rings (SSSR count). The number of benzene rings is 1. The van der Waals surface area contributed by atoms with Crippen molar-refractivity contribution in [2.75, 3.05) is 0 Å². The number of carbonyl (C=O) groups excluding carboxylic acids is 1. The Balaban J connectivity index is 1.69. The first-order chi connectivity index (χ1) is 9.12. The Hall–Kier alpha value is -1.95. The molecule has 1 saturated carbocycles. The number of fused-ring (bicyclic) bond motifs is 1. The second kappa shape index (κ2) is 4.31. The van der Waals surface area contributed by atoms with Gasteiger partial charge in [0, 0.05) is 0 Å². The van der Waals surface area contributed by atoms with Gasteiger partial charge in [-0.15, -0.1) is 11.3 Å². The number of carboxylic acids is 1. The Kier molecular flexibility index (Phi) is 2.74. The van der Waals surface area contributed by atoms with E-state index in [1.54, 1.807) is 0 Å². The molecule has 19 heavy (non-hydrogen) atoms. The van der Waals surface area contributed by atoms with Gasteiger partial charge in [0.05, 0.1) is 16.8 Å². The first kappa shape index (κ1) is 12.1. The molecule has 1 aliphatic carbocycles. The molecular weight excluding hydrogens is 264 g/mol. The number of rotatable bonds is 4. The van der Waals surface area contributed by atoms with Crippen LogP contribution in [0.25, 0.3) is 10.2 Å². The molecule has 6 heteroatoms. The normalized spacial score (nSPS) is 16.2. The van der Waals surface area contributed by atoms with Crippen LogP contribution in [0.1, 0.15) is 17.8 Å². The topological polar surface area (TPSA) is 79.3 Å². The fourth-order valence-electron chi connectivity index (χ4n) is 1.98. The van der Waals surface area contributed by atoms with Crippen LogP contribution >= 0.6 is 11.3 Å². The lowest BCUT2D eigenvalue weighted by molar-refractivity contribution is -0.149. The summed E-state index contributed by atoms with van der Waals surface area (Å²) < 4.78 is 1.06. The van der Waals surface area contributed by atoms with Crippen LogP contribution in [0, 0.1) is 5.41 Å². The van der Waals surface area contributed by atoms with Gasteiger partial charge in [0.25, 0.3) is 0 Å². The molecule has 1 amide bonds. The van der Waals surface area contributed by atoms with E-state index in [0.29, 0.717) is 12.8 Å². The third-order valence-corrected chi connectivity index (χ3v) is 4.37. The summed E-state index contributed by atoms with van der Waals surface area (Å²) in [4.78, 5) is 27.2. The maximum atomic E-state index is 11.8. The van der Waals surface area contributed by atoms with E-state index in [4.69, 9.17) is 5.11 Å². The number of hydrogen-bond donors (Lipinski definition) is 2. The number of nitrogens with zero attached hydrogens (tertiary/aromatic N) is 1. The first-order valence-electron chi connectivity index (χ1n) is 5.98. The van der Waals surface area contributed by atoms with Crippen LogP contribution in [0.15, 0.2) is 24.3 Å². The van der Waals surface area contributed by atoms with Crippen molar-refractivity contribution in [2.24, 2.45) is 5.41 Å². The predicted molar refractivity (Wildman–Crippen MR) is 70.8 cm³/mol. The smallest absolute Gasteiger partial charge is 0.319 e. The molecule has 5 nitrogen and oxygen atoms in total. The van der Waals surface area contributed by atoms with Crippen LogP contribution < -0.4 is 5.32 Å². The largest absolute Gasteiger partial charge is 0.480 e. The Morgan fingerprint density at radius 3 is 2.74 bits per heavy atom. The van der Waals surface area contributed by atoms with Gasteiger partial charge < -0.3 is 10.4 Å². The molecule has 0 atom stereocenters. The van der Waals surface area contributed by atoms with Gasteiger partial charge in [-0.3, -0.25) is 9.59 Å². The summed E-state index contributed by atoms with van der Waals surface area (Å²) in [5.41, 5.74) is -0.285. The molecule has 0 bridgehead atoms. The van der Waals surface area contributed by atoms with E-state index in [2.05, 4.69) is 10.3 Å². The highest BCUT2D eigenvalue weighted by Gasteiger charge is 2.56. The van der Waals surface area contributed by atoms with Gasteiger partial charge in [-0.25, -0.2) is 4.98 Å². The van der Waals surface area contributed by atoms with Gasteiger partial charge in [-0.2, -0.15) is 0 Å². The van der Waals surface area contributed by atoms with Crippen molar-refractivity contribution in [1.29, 1.82) is 0 Å². The van der Waals surface area contributed by atoms with Crippen molar-refractivity contribution in [3.63, 3.8) is 0 Å². The number of para-hydroxylation sites is 1. The predicted octanol–water partition coefficient (Wildman–Crippen LogP) is 1.78. The second-order valence-corrected chi connectivity index (χ2v) is 5.76. The summed E-state index contributed by atoms with van der Waals surface area (Å²) in [5.74, 6) is -1.44. The van der Waals surface area contributed by atoms with E-state index in [0.717, 1.165) is 15.2 Å². The fourth-order valence-corrected chi connectivity index (χ4v) is 2.89. The van der Waals surface area contributed by atoms with Gasteiger partial charge in [-0.1, -0.05) is 12.1 Å². The molecule has 0 unspecified atom stereocenters. The van der Waals surface area contributed by atoms with Gasteiger partial charge >= 0.3 is 5.97 Å². The summed E-state index contributed by atoms with van der Waals surface area (Å²) in [7, 11) is 0. The highest BCUT2D eigenvalue weighted by atomic mass is 32.1. The highest BCUT2D eigenvalue weighted by Crippen LogP contribution is 2.46. The fraction of sp³-hybridized carbons (Fsp3) is 0.308. The lowest BCUT2D eigenvalue weighted by atomic mass is 10.1. The minimum Gasteiger partial charge on any atom is -0.480 e. The molecule has 0 radical (unpaired) electrons. The van der Waals surface area contributed by atoms with E-state index < -0.39 is 17.3 Å². The van der Waals surface area contributed by atoms with E-state index in [-0.39, 0.29) is 6.54 Å². The van der Waals surface area contributed by atoms with Crippen molar-refractivity contribution in [3.05, 3.63) is 29.3 Å². The van der Waals surface area contributed by atoms with E-state index in [1.807, 2.05) is 24.3 Å². The SMILES string of the molecule is O=C(O)C1(C(=O)NCc2nc3ccccc3s2)CC1. The minimum atomic E-state index is -1.18. The molecular formula is C13H12N2O3S. The van der Waals surface area contributed by atoms with Crippen LogP contribution in [0.4, 0.5) is 0 Å². The van der Waals surface area contributed by atoms with E-state index in [1.165, 1.54) is 11.3 Å². The molecule has 1 aromatic carbocycles. The monoisotopic (exact) mass is 276 g/mol. The zero-order valence-electron chi connectivity index (χ0n) is 10.0. The van der Waals surface area contributed by atoms with Gasteiger partial charge in [0.2, 0.25) is 5.91 Å². The third kappa shape index (κ3) is 2.08. The summed E-state index contributed by atoms with van der Waals surface area (Å²) in [6, 6.07) is 7.73. The molecule has 2 aromatic rings. The Morgan fingerprint density at radius 1 is 1.37 bits per heavy atom. The number of nitrogens with one attached hydrogen (secondary N) is 1. The number of thiazole rings is 1. The van der Waals surface area contributed by atoms with Crippen molar-refractivity contribution >= 4 is 33.4 Å². The number of amides is 1. The average Bonchev–Trinajstić information content (AvgIpc) is 3.11. The number of carbonyl (C=O) groups is 2. The lowest BCUT2D eigenvalue weighted by Gasteiger charge is -2.09. The Labute approximate surface area is 113 Å². The number of carboxylic acid groups (broad SMARTS) is 1. The molecule has 0 spiro atoms. The maximum Gasteiger partial charge on any atom is 0.319 e. The van der Waals surface area contributed by atoms with Crippen LogP contribution in [-0.2, 0) is 16.1 Å². The van der Waals surface area contributed by atoms with Crippen molar-refractivity contribution < 1.29 is 14.7 Å². The first-order valence-corrected chi connectivity index (χ1v) is 6.80. The number of hydrogen-bond acceptors (Lipinski definition) is 4. The van der Waals surface area contributed by atoms with E-state index in [9.17, 15) is 9.59 Å². The number of aromatic nitrogens is 1. The molecule has 1 aromatic heterocycles. The van der Waals surface area contributed by atoms with Crippen LogP contribution in [0.2, 0.25) is 0 Å². The van der Waals surface area contributed by atoms with Crippen molar-refractivity contribution in [1.82, 2.24) is 10.3 Å². The van der Waals surface area contributed by atoms with Gasteiger partial charge in [0.1, 0.15) is 10.4 Å². The quantitative estimate of drug-likeness (QED) is 0.834. The van der Waals surface area contributed by atoms with Crippen LogP contribution in [-0.4, -0.2) is 22.0 Å². The standard InChI is InChI=1S/C13H12N2O3S/c16-11(13(5-6-13)12(17)18)14-7-10-15-8-3-1-2-4-9(8)19-10/h1-4H,5-7H2,(H,14,16)(H,17,18). The Morgan fingerprint density at radius 2 is 2.11 bits per heavy atom. The molecule has 98 valence electrons. The van der Waals surface area contributed by atoms with E-state index >= 15 is 0 Å². The second-order valence-electron chi connectivity index (χ2n) is 4.65. The Bertz CT molecular complexity index is 628.